The van der Waals surface area contributed by atoms with Crippen LogP contribution in [0.5, 0.6) is 0 Å². The fourth-order valence-corrected chi connectivity index (χ4v) is 4.56. The SMILES string of the molecule is CSc1ccccc1NC(=O)CN(C)C(=O)c1cc(-c2ccccc2C)nc2c1cnn2C(C)C. The van der Waals surface area contributed by atoms with E-state index in [0.717, 1.165) is 21.7 Å². The maximum Gasteiger partial charge on any atom is 0.254 e. The number of anilines is 1. The Bertz CT molecular complexity index is 1400. The van der Waals surface area contributed by atoms with Gasteiger partial charge in [-0.05, 0) is 50.8 Å². The molecule has 8 heteroatoms. The van der Waals surface area contributed by atoms with Gasteiger partial charge in [0.2, 0.25) is 5.91 Å². The Morgan fingerprint density at radius 2 is 1.83 bits per heavy atom. The van der Waals surface area contributed by atoms with E-state index in [-0.39, 0.29) is 24.4 Å². The molecule has 0 saturated heterocycles. The Labute approximate surface area is 209 Å². The zero-order chi connectivity index (χ0) is 25.1. The van der Waals surface area contributed by atoms with E-state index in [1.165, 1.54) is 4.90 Å². The van der Waals surface area contributed by atoms with Crippen molar-refractivity contribution < 1.29 is 9.59 Å². The molecule has 0 unspecified atom stereocenters. The van der Waals surface area contributed by atoms with Crippen LogP contribution in [0.1, 0.15) is 35.8 Å². The fourth-order valence-electron chi connectivity index (χ4n) is 4.00. The van der Waals surface area contributed by atoms with Crippen molar-refractivity contribution in [2.24, 2.45) is 0 Å². The van der Waals surface area contributed by atoms with Gasteiger partial charge in [0.15, 0.2) is 5.65 Å². The van der Waals surface area contributed by atoms with Crippen LogP contribution in [-0.2, 0) is 4.79 Å². The third-order valence-electron chi connectivity index (χ3n) is 5.82. The Morgan fingerprint density at radius 3 is 2.54 bits per heavy atom. The number of fused-ring (bicyclic) bond motifs is 1. The maximum absolute atomic E-state index is 13.6. The standard InChI is InChI=1S/C27H29N5O2S/c1-17(2)32-26-21(15-28-32)20(14-23(30-26)19-11-7-6-10-18(19)3)27(34)31(4)16-25(33)29-22-12-8-9-13-24(22)35-5/h6-15,17H,16H2,1-5H3,(H,29,33). The highest BCUT2D eigenvalue weighted by atomic mass is 32.2. The van der Waals surface area contributed by atoms with E-state index in [4.69, 9.17) is 4.98 Å². The molecule has 0 saturated carbocycles. The number of amides is 2. The van der Waals surface area contributed by atoms with Crippen molar-refractivity contribution in [3.8, 4) is 11.3 Å². The van der Waals surface area contributed by atoms with Gasteiger partial charge in [-0.1, -0.05) is 36.4 Å². The number of aromatic nitrogens is 3. The first kappa shape index (κ1) is 24.5. The van der Waals surface area contributed by atoms with Crippen LogP contribution in [0, 0.1) is 6.92 Å². The first-order chi connectivity index (χ1) is 16.8. The summed E-state index contributed by atoms with van der Waals surface area (Å²) in [6.07, 6.45) is 3.64. The zero-order valence-corrected chi connectivity index (χ0v) is 21.4. The van der Waals surface area contributed by atoms with Gasteiger partial charge < -0.3 is 10.2 Å². The van der Waals surface area contributed by atoms with Crippen molar-refractivity contribution >= 4 is 40.3 Å². The predicted octanol–water partition coefficient (Wildman–Crippen LogP) is 5.42. The third kappa shape index (κ3) is 5.07. The second-order valence-corrected chi connectivity index (χ2v) is 9.55. The van der Waals surface area contributed by atoms with Gasteiger partial charge in [-0.2, -0.15) is 5.10 Å². The zero-order valence-electron chi connectivity index (χ0n) is 20.6. The van der Waals surface area contributed by atoms with E-state index in [1.54, 1.807) is 31.1 Å². The number of pyridine rings is 1. The molecule has 1 N–H and O–H groups in total. The summed E-state index contributed by atoms with van der Waals surface area (Å²) in [5.41, 5.74) is 4.57. The van der Waals surface area contributed by atoms with Crippen molar-refractivity contribution in [1.82, 2.24) is 19.7 Å². The van der Waals surface area contributed by atoms with Crippen LogP contribution >= 0.6 is 11.8 Å². The number of thioether (sulfide) groups is 1. The molecule has 0 atom stereocenters. The lowest BCUT2D eigenvalue weighted by Gasteiger charge is -2.19. The summed E-state index contributed by atoms with van der Waals surface area (Å²) in [6, 6.07) is 17.4. The van der Waals surface area contributed by atoms with Gasteiger partial charge in [0.1, 0.15) is 0 Å². The molecule has 0 aliphatic rings. The number of nitrogens with zero attached hydrogens (tertiary/aromatic N) is 4. The van der Waals surface area contributed by atoms with Gasteiger partial charge in [0.05, 0.1) is 35.1 Å². The molecule has 0 spiro atoms. The number of nitrogens with one attached hydrogen (secondary N) is 1. The Kier molecular flexibility index (Phi) is 7.21. The van der Waals surface area contributed by atoms with Crippen molar-refractivity contribution in [2.45, 2.75) is 31.7 Å². The highest BCUT2D eigenvalue weighted by Gasteiger charge is 2.23. The highest BCUT2D eigenvalue weighted by Crippen LogP contribution is 2.29. The van der Waals surface area contributed by atoms with E-state index >= 15 is 0 Å². The molecule has 35 heavy (non-hydrogen) atoms. The summed E-state index contributed by atoms with van der Waals surface area (Å²) in [5.74, 6) is -0.520. The van der Waals surface area contributed by atoms with Crippen molar-refractivity contribution in [2.75, 3.05) is 25.2 Å². The van der Waals surface area contributed by atoms with E-state index in [9.17, 15) is 9.59 Å². The minimum Gasteiger partial charge on any atom is -0.332 e. The fraction of sp³-hybridized carbons (Fsp3) is 0.259. The molecule has 180 valence electrons. The number of hydrogen-bond donors (Lipinski definition) is 1. The number of likely N-dealkylation sites (N-methyl/N-ethyl adjacent to an activating group) is 1. The van der Waals surface area contributed by atoms with Gasteiger partial charge >= 0.3 is 0 Å². The number of rotatable bonds is 7. The maximum atomic E-state index is 13.6. The number of benzene rings is 2. The van der Waals surface area contributed by atoms with Crippen LogP contribution in [0.4, 0.5) is 5.69 Å². The van der Waals surface area contributed by atoms with Gasteiger partial charge in [-0.3, -0.25) is 9.59 Å². The summed E-state index contributed by atoms with van der Waals surface area (Å²) in [4.78, 5) is 33.6. The number of hydrogen-bond acceptors (Lipinski definition) is 5. The van der Waals surface area contributed by atoms with E-state index < -0.39 is 0 Å². The molecule has 0 aliphatic carbocycles. The number of carbonyl (C=O) groups is 2. The van der Waals surface area contributed by atoms with Crippen LogP contribution in [-0.4, -0.2) is 51.3 Å². The molecule has 4 rings (SSSR count). The van der Waals surface area contributed by atoms with Crippen LogP contribution in [0.15, 0.2) is 65.7 Å². The Morgan fingerprint density at radius 1 is 1.11 bits per heavy atom. The largest absolute Gasteiger partial charge is 0.332 e. The molecule has 2 heterocycles. The summed E-state index contributed by atoms with van der Waals surface area (Å²) < 4.78 is 1.82. The van der Waals surface area contributed by atoms with Crippen LogP contribution in [0.3, 0.4) is 0 Å². The van der Waals surface area contributed by atoms with Crippen LogP contribution < -0.4 is 5.32 Å². The molecular formula is C27H29N5O2S. The lowest BCUT2D eigenvalue weighted by molar-refractivity contribution is -0.116. The lowest BCUT2D eigenvalue weighted by atomic mass is 10.0. The number of aryl methyl sites for hydroxylation is 1. The summed E-state index contributed by atoms with van der Waals surface area (Å²) in [5, 5.41) is 8.08. The normalized spacial score (nSPS) is 11.1. The molecular weight excluding hydrogens is 458 g/mol. The summed E-state index contributed by atoms with van der Waals surface area (Å²) in [6.45, 7) is 5.99. The monoisotopic (exact) mass is 487 g/mol. The average molecular weight is 488 g/mol. The molecule has 7 nitrogen and oxygen atoms in total. The number of carbonyl (C=O) groups excluding carboxylic acids is 2. The van der Waals surface area contributed by atoms with Crippen LogP contribution in [0.25, 0.3) is 22.3 Å². The third-order valence-corrected chi connectivity index (χ3v) is 6.61. The van der Waals surface area contributed by atoms with Gasteiger partial charge in [0, 0.05) is 23.5 Å². The Balaban J connectivity index is 1.68. The summed E-state index contributed by atoms with van der Waals surface area (Å²) in [7, 11) is 1.63. The van der Waals surface area contributed by atoms with E-state index in [0.29, 0.717) is 22.3 Å². The van der Waals surface area contributed by atoms with E-state index in [2.05, 4.69) is 10.4 Å². The molecule has 0 radical (unpaired) electrons. The molecule has 0 bridgehead atoms. The average Bonchev–Trinajstić information content (AvgIpc) is 3.28. The molecule has 2 amide bonds. The van der Waals surface area contributed by atoms with Crippen molar-refractivity contribution in [1.29, 1.82) is 0 Å². The molecule has 0 fully saturated rings. The van der Waals surface area contributed by atoms with Gasteiger partial charge in [0.25, 0.3) is 5.91 Å². The molecule has 2 aromatic carbocycles. The second kappa shape index (κ2) is 10.3. The lowest BCUT2D eigenvalue weighted by Crippen LogP contribution is -2.35. The quantitative estimate of drug-likeness (QED) is 0.352. The molecule has 4 aromatic rings. The second-order valence-electron chi connectivity index (χ2n) is 8.70. The topological polar surface area (TPSA) is 80.1 Å². The first-order valence-electron chi connectivity index (χ1n) is 11.4. The summed E-state index contributed by atoms with van der Waals surface area (Å²) >= 11 is 1.55. The molecule has 2 aromatic heterocycles. The first-order valence-corrected chi connectivity index (χ1v) is 12.6. The smallest absolute Gasteiger partial charge is 0.254 e. The van der Waals surface area contributed by atoms with Gasteiger partial charge in [-0.25, -0.2) is 9.67 Å². The van der Waals surface area contributed by atoms with Gasteiger partial charge in [-0.15, -0.1) is 11.8 Å². The Hall–Kier alpha value is -3.65. The van der Waals surface area contributed by atoms with Crippen LogP contribution in [0.2, 0.25) is 0 Å². The molecule has 0 aliphatic heterocycles. The van der Waals surface area contributed by atoms with Crippen molar-refractivity contribution in [3.05, 3.63) is 71.9 Å². The minimum atomic E-state index is -0.260. The highest BCUT2D eigenvalue weighted by molar-refractivity contribution is 7.98. The van der Waals surface area contributed by atoms with E-state index in [1.807, 2.05) is 80.2 Å². The minimum absolute atomic E-state index is 0.0788. The van der Waals surface area contributed by atoms with Crippen molar-refractivity contribution in [3.63, 3.8) is 0 Å². The predicted molar refractivity (Wildman–Crippen MR) is 142 cm³/mol. The number of para-hydroxylation sites is 1.